The maximum Gasteiger partial charge on any atom is 0.303 e. The number of aliphatic carboxylic acids is 1. The van der Waals surface area contributed by atoms with Gasteiger partial charge in [0.25, 0.3) is 0 Å². The predicted molar refractivity (Wildman–Crippen MR) is 177 cm³/mol. The van der Waals surface area contributed by atoms with Crippen LogP contribution in [0.15, 0.2) is 0 Å². The molecule has 0 aliphatic heterocycles. The van der Waals surface area contributed by atoms with Crippen molar-refractivity contribution < 1.29 is 25.2 Å². The van der Waals surface area contributed by atoms with Crippen LogP contribution in [0.1, 0.15) is 200 Å². The molecule has 0 unspecified atom stereocenters. The number of carboxylic acid groups (broad SMARTS) is 1. The summed E-state index contributed by atoms with van der Waals surface area (Å²) in [5, 5.41) is 34.6. The third kappa shape index (κ3) is 33.7. The molecule has 0 atom stereocenters. The van der Waals surface area contributed by atoms with E-state index in [0.29, 0.717) is 12.8 Å². The summed E-state index contributed by atoms with van der Waals surface area (Å²) in [6.45, 7) is 3.65. The lowest BCUT2D eigenvalue weighted by Gasteiger charge is -2.24. The van der Waals surface area contributed by atoms with Crippen LogP contribution in [-0.2, 0) is 4.79 Å². The second-order valence-electron chi connectivity index (χ2n) is 12.7. The molecule has 0 spiro atoms. The molecule has 0 radical (unpaired) electrons. The molecule has 0 saturated carbocycles. The van der Waals surface area contributed by atoms with Crippen LogP contribution >= 0.6 is 0 Å². The molecule has 5 nitrogen and oxygen atoms in total. The number of hydrogen-bond acceptors (Lipinski definition) is 4. The van der Waals surface area contributed by atoms with Gasteiger partial charge in [0.15, 0.2) is 0 Å². The molecule has 0 saturated heterocycles. The Morgan fingerprint density at radius 2 is 0.634 bits per heavy atom. The van der Waals surface area contributed by atoms with Gasteiger partial charge in [-0.05, 0) is 12.8 Å². The molecular weight excluding hydrogens is 512 g/mol. The fourth-order valence-electron chi connectivity index (χ4n) is 5.25. The number of rotatable bonds is 32. The first-order valence-electron chi connectivity index (χ1n) is 18.1. The van der Waals surface area contributed by atoms with Gasteiger partial charge in [-0.25, -0.2) is 0 Å². The number of unbranched alkanes of at least 4 members (excludes halogenated alkanes) is 26. The highest BCUT2D eigenvalue weighted by molar-refractivity contribution is 5.66. The fourth-order valence-corrected chi connectivity index (χ4v) is 5.25. The van der Waals surface area contributed by atoms with E-state index in [4.69, 9.17) is 20.4 Å². The summed E-state index contributed by atoms with van der Waals surface area (Å²) in [6.07, 6.45) is 38.6. The van der Waals surface area contributed by atoms with Gasteiger partial charge in [-0.1, -0.05) is 181 Å². The van der Waals surface area contributed by atoms with Gasteiger partial charge < -0.3 is 20.4 Å². The highest BCUT2D eigenvalue weighted by Gasteiger charge is 2.24. The minimum Gasteiger partial charge on any atom is -0.481 e. The normalized spacial score (nSPS) is 11.4. The first-order valence-corrected chi connectivity index (χ1v) is 18.1. The Balaban J connectivity index is 0. The highest BCUT2D eigenvalue weighted by atomic mass is 16.4. The van der Waals surface area contributed by atoms with E-state index in [0.717, 1.165) is 12.8 Å². The lowest BCUT2D eigenvalue weighted by Crippen LogP contribution is -2.32. The summed E-state index contributed by atoms with van der Waals surface area (Å²) in [5.74, 6) is -0.649. The van der Waals surface area contributed by atoms with Crippen LogP contribution in [0.25, 0.3) is 0 Å². The first kappa shape index (κ1) is 42.5. The standard InChI is InChI=1S/C30H60O2.C6H14O3/c1-2-3-4-5-6-7-8-9-10-11-12-13-14-15-16-17-18-19-20-21-22-23-24-25-26-27-28-29-30(31)32;1-2-6(3-7,4-8)5-9/h2-29H2,1H3,(H,31,32);7-9H,2-5H2,1H3. The molecule has 5 heteroatoms. The Hall–Kier alpha value is -0.650. The van der Waals surface area contributed by atoms with Crippen LogP contribution in [0, 0.1) is 5.41 Å². The molecule has 248 valence electrons. The molecule has 0 bridgehead atoms. The second kappa shape index (κ2) is 35.5. The Bertz CT molecular complexity index is 475. The van der Waals surface area contributed by atoms with Crippen molar-refractivity contribution >= 4 is 5.97 Å². The summed E-state index contributed by atoms with van der Waals surface area (Å²) in [5.41, 5.74) is -0.667. The van der Waals surface area contributed by atoms with Crippen LogP contribution in [0.4, 0.5) is 0 Å². The van der Waals surface area contributed by atoms with Gasteiger partial charge in [0.1, 0.15) is 0 Å². The van der Waals surface area contributed by atoms with Gasteiger partial charge in [0.2, 0.25) is 0 Å². The zero-order valence-corrected chi connectivity index (χ0v) is 27.8. The van der Waals surface area contributed by atoms with Crippen molar-refractivity contribution in [1.29, 1.82) is 0 Å². The first-order chi connectivity index (χ1) is 20.0. The van der Waals surface area contributed by atoms with Gasteiger partial charge >= 0.3 is 5.97 Å². The van der Waals surface area contributed by atoms with Crippen molar-refractivity contribution in [1.82, 2.24) is 0 Å². The summed E-state index contributed by atoms with van der Waals surface area (Å²) < 4.78 is 0. The van der Waals surface area contributed by atoms with Crippen LogP contribution in [-0.4, -0.2) is 46.2 Å². The molecule has 0 aliphatic rings. The molecule has 0 amide bonds. The Kier molecular flexibility index (Phi) is 36.8. The maximum atomic E-state index is 10.4. The molecule has 0 aliphatic carbocycles. The molecule has 4 N–H and O–H groups in total. The molecule has 0 aromatic rings. The number of carboxylic acids is 1. The fraction of sp³-hybridized carbons (Fsp3) is 0.972. The summed E-state index contributed by atoms with van der Waals surface area (Å²) in [6, 6.07) is 0. The minimum absolute atomic E-state index is 0.156. The van der Waals surface area contributed by atoms with Gasteiger partial charge in [-0.3, -0.25) is 4.79 Å². The molecule has 41 heavy (non-hydrogen) atoms. The van der Waals surface area contributed by atoms with Crippen molar-refractivity contribution in [3.63, 3.8) is 0 Å². The van der Waals surface area contributed by atoms with E-state index in [9.17, 15) is 4.79 Å². The van der Waals surface area contributed by atoms with Crippen molar-refractivity contribution in [3.05, 3.63) is 0 Å². The van der Waals surface area contributed by atoms with Crippen molar-refractivity contribution in [2.45, 2.75) is 200 Å². The quantitative estimate of drug-likeness (QED) is 0.0588. The van der Waals surface area contributed by atoms with Gasteiger partial charge in [0.05, 0.1) is 19.8 Å². The van der Waals surface area contributed by atoms with Crippen molar-refractivity contribution in [3.8, 4) is 0 Å². The minimum atomic E-state index is -0.667. The summed E-state index contributed by atoms with van der Waals surface area (Å²) in [4.78, 5) is 10.4. The average molecular weight is 587 g/mol. The molecule has 0 rings (SSSR count). The summed E-state index contributed by atoms with van der Waals surface area (Å²) in [7, 11) is 0. The zero-order valence-electron chi connectivity index (χ0n) is 27.8. The van der Waals surface area contributed by atoms with E-state index in [1.165, 1.54) is 161 Å². The smallest absolute Gasteiger partial charge is 0.303 e. The maximum absolute atomic E-state index is 10.4. The van der Waals surface area contributed by atoms with Crippen LogP contribution in [0.2, 0.25) is 0 Å². The van der Waals surface area contributed by atoms with E-state index < -0.39 is 11.4 Å². The number of hydrogen-bond donors (Lipinski definition) is 4. The topological polar surface area (TPSA) is 98.0 Å². The van der Waals surface area contributed by atoms with E-state index in [1.54, 1.807) is 0 Å². The van der Waals surface area contributed by atoms with Crippen LogP contribution < -0.4 is 0 Å². The summed E-state index contributed by atoms with van der Waals surface area (Å²) >= 11 is 0. The van der Waals surface area contributed by atoms with Crippen LogP contribution in [0.5, 0.6) is 0 Å². The molecule has 0 heterocycles. The molecular formula is C36H74O5. The number of aliphatic hydroxyl groups is 3. The van der Waals surface area contributed by atoms with E-state index in [-0.39, 0.29) is 19.8 Å². The zero-order chi connectivity index (χ0) is 30.7. The third-order valence-corrected chi connectivity index (χ3v) is 8.75. The lowest BCUT2D eigenvalue weighted by molar-refractivity contribution is -0.137. The monoisotopic (exact) mass is 587 g/mol. The van der Waals surface area contributed by atoms with E-state index >= 15 is 0 Å². The third-order valence-electron chi connectivity index (χ3n) is 8.75. The van der Waals surface area contributed by atoms with Crippen molar-refractivity contribution in [2.75, 3.05) is 19.8 Å². The molecule has 0 fully saturated rings. The van der Waals surface area contributed by atoms with Crippen molar-refractivity contribution in [2.24, 2.45) is 5.41 Å². The predicted octanol–water partition coefficient (Wildman–Crippen LogP) is 10.4. The second-order valence-corrected chi connectivity index (χ2v) is 12.7. The van der Waals surface area contributed by atoms with Crippen LogP contribution in [0.3, 0.4) is 0 Å². The SMILES string of the molecule is CCC(CO)(CO)CO.CCCCCCCCCCCCCCCCCCCCCCCCCCCCCC(=O)O. The van der Waals surface area contributed by atoms with Gasteiger partial charge in [-0.2, -0.15) is 0 Å². The molecule has 0 aromatic carbocycles. The molecule has 0 aromatic heterocycles. The van der Waals surface area contributed by atoms with E-state index in [1.807, 2.05) is 6.92 Å². The Morgan fingerprint density at radius 3 is 0.780 bits per heavy atom. The average Bonchev–Trinajstić information content (AvgIpc) is 2.98. The lowest BCUT2D eigenvalue weighted by atomic mass is 9.88. The largest absolute Gasteiger partial charge is 0.481 e. The van der Waals surface area contributed by atoms with E-state index in [2.05, 4.69) is 6.92 Å². The number of carbonyl (C=O) groups is 1. The van der Waals surface area contributed by atoms with Gasteiger partial charge in [-0.15, -0.1) is 0 Å². The highest BCUT2D eigenvalue weighted by Crippen LogP contribution is 2.18. The Labute approximate surface area is 256 Å². The van der Waals surface area contributed by atoms with Gasteiger partial charge in [0, 0.05) is 11.8 Å². The number of aliphatic hydroxyl groups excluding tert-OH is 3. The Morgan fingerprint density at radius 1 is 0.415 bits per heavy atom.